The van der Waals surface area contributed by atoms with Crippen molar-refractivity contribution in [3.8, 4) is 0 Å². The van der Waals surface area contributed by atoms with Gasteiger partial charge in [0.15, 0.2) is 0 Å². The van der Waals surface area contributed by atoms with Gasteiger partial charge in [-0.15, -0.1) is 0 Å². The molecule has 4 heterocycles. The summed E-state index contributed by atoms with van der Waals surface area (Å²) in [6, 6.07) is 10.0. The van der Waals surface area contributed by atoms with Crippen molar-refractivity contribution in [2.75, 3.05) is 31.5 Å². The highest BCUT2D eigenvalue weighted by Gasteiger charge is 2.67. The second kappa shape index (κ2) is 10.3. The number of rotatable bonds is 5. The van der Waals surface area contributed by atoms with Gasteiger partial charge < -0.3 is 15.1 Å². The SMILES string of the molecule is CC1(C)C(c2c(C(=O)N3CCC(c4cccnc4)C3)cnn2C2CCN(C(=O)Nc3ccccc3F)CC2)C1(C)C. The number of anilines is 1. The molecular formula is C32H39FN6O2. The van der Waals surface area contributed by atoms with Crippen LogP contribution in [0.1, 0.15) is 86.5 Å². The van der Waals surface area contributed by atoms with Crippen LogP contribution in [0.5, 0.6) is 0 Å². The van der Waals surface area contributed by atoms with Crippen LogP contribution in [0, 0.1) is 16.6 Å². The van der Waals surface area contributed by atoms with Crippen LogP contribution >= 0.6 is 0 Å². The van der Waals surface area contributed by atoms with E-state index >= 15 is 0 Å². The van der Waals surface area contributed by atoms with Gasteiger partial charge in [-0.25, -0.2) is 9.18 Å². The molecule has 216 valence electrons. The largest absolute Gasteiger partial charge is 0.338 e. The second-order valence-electron chi connectivity index (χ2n) is 12.9. The van der Waals surface area contributed by atoms with E-state index in [2.05, 4.69) is 48.7 Å². The highest BCUT2D eigenvalue weighted by Crippen LogP contribution is 2.74. The summed E-state index contributed by atoms with van der Waals surface area (Å²) in [7, 11) is 0. The molecule has 1 aromatic carbocycles. The van der Waals surface area contributed by atoms with Crippen LogP contribution < -0.4 is 5.32 Å². The van der Waals surface area contributed by atoms with E-state index in [1.807, 2.05) is 17.2 Å². The van der Waals surface area contributed by atoms with E-state index in [1.165, 1.54) is 11.6 Å². The van der Waals surface area contributed by atoms with Gasteiger partial charge in [0, 0.05) is 50.4 Å². The molecule has 2 aliphatic heterocycles. The third-order valence-electron chi connectivity index (χ3n) is 10.2. The number of amides is 3. The molecule has 0 radical (unpaired) electrons. The smallest absolute Gasteiger partial charge is 0.321 e. The average molecular weight is 559 g/mol. The van der Waals surface area contributed by atoms with Crippen LogP contribution in [-0.2, 0) is 0 Å². The lowest BCUT2D eigenvalue weighted by atomic mass is 10.0. The number of likely N-dealkylation sites (tertiary alicyclic amines) is 2. The van der Waals surface area contributed by atoms with E-state index in [0.717, 1.165) is 18.7 Å². The number of carbonyl (C=O) groups excluding carboxylic acids is 2. The van der Waals surface area contributed by atoms with Crippen LogP contribution in [0.15, 0.2) is 55.0 Å². The highest BCUT2D eigenvalue weighted by molar-refractivity contribution is 5.96. The molecule has 1 unspecified atom stereocenters. The molecule has 2 saturated heterocycles. The summed E-state index contributed by atoms with van der Waals surface area (Å²) in [5, 5.41) is 7.54. The molecule has 0 bridgehead atoms. The summed E-state index contributed by atoms with van der Waals surface area (Å²) in [5.41, 5.74) is 3.16. The molecule has 41 heavy (non-hydrogen) atoms. The van der Waals surface area contributed by atoms with Gasteiger partial charge >= 0.3 is 6.03 Å². The lowest BCUT2D eigenvalue weighted by Gasteiger charge is -2.33. The van der Waals surface area contributed by atoms with Crippen molar-refractivity contribution in [3.05, 3.63) is 77.6 Å². The lowest BCUT2D eigenvalue weighted by Crippen LogP contribution is -2.42. The van der Waals surface area contributed by atoms with E-state index in [1.54, 1.807) is 35.5 Å². The number of para-hydroxylation sites is 1. The first-order chi connectivity index (χ1) is 19.6. The van der Waals surface area contributed by atoms with Gasteiger partial charge in [0.05, 0.1) is 29.2 Å². The van der Waals surface area contributed by atoms with Gasteiger partial charge in [0.1, 0.15) is 5.82 Å². The third-order valence-corrected chi connectivity index (χ3v) is 10.2. The van der Waals surface area contributed by atoms with E-state index < -0.39 is 5.82 Å². The Morgan fingerprint density at radius 3 is 2.29 bits per heavy atom. The van der Waals surface area contributed by atoms with Crippen LogP contribution in [0.3, 0.4) is 0 Å². The number of urea groups is 1. The first-order valence-electron chi connectivity index (χ1n) is 14.7. The van der Waals surface area contributed by atoms with Crippen LogP contribution in [-0.4, -0.2) is 62.7 Å². The number of nitrogens with zero attached hydrogens (tertiary/aromatic N) is 5. The predicted molar refractivity (Wildman–Crippen MR) is 155 cm³/mol. The van der Waals surface area contributed by atoms with Crippen LogP contribution in [0.25, 0.3) is 0 Å². The maximum Gasteiger partial charge on any atom is 0.321 e. The number of carbonyl (C=O) groups is 2. The topological polar surface area (TPSA) is 83.4 Å². The first kappa shape index (κ1) is 27.4. The molecule has 0 spiro atoms. The Labute approximate surface area is 240 Å². The first-order valence-corrected chi connectivity index (χ1v) is 14.7. The van der Waals surface area contributed by atoms with Gasteiger partial charge in [0.25, 0.3) is 5.91 Å². The molecular weight excluding hydrogens is 519 g/mol. The summed E-state index contributed by atoms with van der Waals surface area (Å²) in [6.45, 7) is 11.5. The molecule has 3 amide bonds. The zero-order valence-electron chi connectivity index (χ0n) is 24.3. The maximum absolute atomic E-state index is 14.1. The zero-order chi connectivity index (χ0) is 28.9. The molecule has 8 nitrogen and oxygen atoms in total. The number of hydrogen-bond donors (Lipinski definition) is 1. The predicted octanol–water partition coefficient (Wildman–Crippen LogP) is 6.07. The number of piperidine rings is 1. The summed E-state index contributed by atoms with van der Waals surface area (Å²) < 4.78 is 16.2. The molecule has 1 aliphatic carbocycles. The maximum atomic E-state index is 14.1. The number of hydrogen-bond acceptors (Lipinski definition) is 4. The number of nitrogens with one attached hydrogen (secondary N) is 1. The second-order valence-corrected chi connectivity index (χ2v) is 12.9. The fourth-order valence-corrected chi connectivity index (χ4v) is 7.07. The Morgan fingerprint density at radius 2 is 1.63 bits per heavy atom. The quantitative estimate of drug-likeness (QED) is 0.412. The van der Waals surface area contributed by atoms with Gasteiger partial charge in [0.2, 0.25) is 0 Å². The monoisotopic (exact) mass is 558 g/mol. The van der Waals surface area contributed by atoms with Crippen molar-refractivity contribution in [3.63, 3.8) is 0 Å². The van der Waals surface area contributed by atoms with Crippen molar-refractivity contribution in [2.45, 2.75) is 64.8 Å². The fraction of sp³-hybridized carbons (Fsp3) is 0.500. The summed E-state index contributed by atoms with van der Waals surface area (Å²) in [5.74, 6) is 0.0988. The summed E-state index contributed by atoms with van der Waals surface area (Å²) >= 11 is 0. The Bertz CT molecular complexity index is 1430. The lowest BCUT2D eigenvalue weighted by molar-refractivity contribution is 0.0789. The molecule has 2 aromatic heterocycles. The van der Waals surface area contributed by atoms with E-state index in [-0.39, 0.29) is 40.4 Å². The fourth-order valence-electron chi connectivity index (χ4n) is 7.07. The number of pyridine rings is 1. The Hall–Kier alpha value is -3.75. The molecule has 9 heteroatoms. The Morgan fingerprint density at radius 1 is 0.927 bits per heavy atom. The molecule has 1 saturated carbocycles. The zero-order valence-corrected chi connectivity index (χ0v) is 24.3. The number of aromatic nitrogens is 3. The molecule has 3 fully saturated rings. The van der Waals surface area contributed by atoms with Gasteiger partial charge in [-0.1, -0.05) is 45.9 Å². The van der Waals surface area contributed by atoms with E-state index in [4.69, 9.17) is 5.10 Å². The highest BCUT2D eigenvalue weighted by atomic mass is 19.1. The third kappa shape index (κ3) is 4.79. The van der Waals surface area contributed by atoms with Gasteiger partial charge in [-0.2, -0.15) is 5.10 Å². The van der Waals surface area contributed by atoms with Crippen molar-refractivity contribution in [1.82, 2.24) is 24.6 Å². The normalized spacial score (nSPS) is 22.1. The Balaban J connectivity index is 1.20. The molecule has 6 rings (SSSR count). The molecule has 1 N–H and O–H groups in total. The van der Waals surface area contributed by atoms with Crippen molar-refractivity contribution in [1.29, 1.82) is 0 Å². The molecule has 3 aromatic rings. The Kier molecular flexibility index (Phi) is 6.86. The van der Waals surface area contributed by atoms with Crippen molar-refractivity contribution in [2.24, 2.45) is 10.8 Å². The average Bonchev–Trinajstić information content (AvgIpc) is 3.45. The minimum atomic E-state index is -0.450. The van der Waals surface area contributed by atoms with Crippen molar-refractivity contribution < 1.29 is 14.0 Å². The van der Waals surface area contributed by atoms with Crippen LogP contribution in [0.4, 0.5) is 14.9 Å². The standard InChI is InChI=1S/C32H39FN6O2/c1-31(2)28(32(31,3)4)27-24(29(40)38-15-11-22(20-38)21-8-7-14-34-18-21)19-35-39(27)23-12-16-37(17-13-23)30(41)36-26-10-6-5-9-25(26)33/h5-10,14,18-19,22-23,28H,11-13,15-17,20H2,1-4H3,(H,36,41). The molecule has 1 atom stereocenters. The van der Waals surface area contributed by atoms with Crippen molar-refractivity contribution >= 4 is 17.6 Å². The van der Waals surface area contributed by atoms with Crippen LogP contribution in [0.2, 0.25) is 0 Å². The number of benzene rings is 1. The summed E-state index contributed by atoms with van der Waals surface area (Å²) in [4.78, 5) is 34.8. The van der Waals surface area contributed by atoms with E-state index in [0.29, 0.717) is 44.0 Å². The van der Waals surface area contributed by atoms with Gasteiger partial charge in [-0.3, -0.25) is 14.5 Å². The van der Waals surface area contributed by atoms with E-state index in [9.17, 15) is 14.0 Å². The minimum absolute atomic E-state index is 0.0312. The minimum Gasteiger partial charge on any atom is -0.338 e. The van der Waals surface area contributed by atoms with Gasteiger partial charge in [-0.05, 0) is 53.9 Å². The molecule has 3 aliphatic rings. The summed E-state index contributed by atoms with van der Waals surface area (Å²) in [6.07, 6.45) is 7.81. The number of halogens is 1.